The van der Waals surface area contributed by atoms with Crippen molar-refractivity contribution in [3.8, 4) is 0 Å². The van der Waals surface area contributed by atoms with E-state index < -0.39 is 0 Å². The van der Waals surface area contributed by atoms with E-state index in [0.29, 0.717) is 6.61 Å². The molecule has 2 nitrogen and oxygen atoms in total. The number of unbranched alkanes of at least 4 members (excludes halogenated alkanes) is 3. The lowest BCUT2D eigenvalue weighted by molar-refractivity contribution is -0.147. The van der Waals surface area contributed by atoms with E-state index in [4.69, 9.17) is 4.74 Å². The van der Waals surface area contributed by atoms with Crippen molar-refractivity contribution in [2.45, 2.75) is 59.8 Å². The van der Waals surface area contributed by atoms with Gasteiger partial charge in [-0.15, -0.1) is 0 Å². The molecule has 2 heteroatoms. The third-order valence-electron chi connectivity index (χ3n) is 2.39. The van der Waals surface area contributed by atoms with Crippen LogP contribution in [0.4, 0.5) is 0 Å². The Morgan fingerprint density at radius 3 is 2.13 bits per heavy atom. The van der Waals surface area contributed by atoms with Crippen molar-refractivity contribution < 1.29 is 9.53 Å². The summed E-state index contributed by atoms with van der Waals surface area (Å²) in [5.41, 5.74) is 0. The maximum Gasteiger partial charge on any atom is 0.308 e. The fourth-order valence-corrected chi connectivity index (χ4v) is 1.35. The summed E-state index contributed by atoms with van der Waals surface area (Å²) in [5, 5.41) is 0. The van der Waals surface area contributed by atoms with Crippen LogP contribution in [0.15, 0.2) is 0 Å². The van der Waals surface area contributed by atoms with Crippen molar-refractivity contribution in [1.82, 2.24) is 0 Å². The summed E-state index contributed by atoms with van der Waals surface area (Å²) in [5.74, 6) is 0.742. The Kier molecular flexibility index (Phi) is 8.44. The second-order valence-electron chi connectivity index (χ2n) is 4.92. The molecule has 0 radical (unpaired) electrons. The minimum atomic E-state index is -0.0721. The fraction of sp³-hybridized carbons (Fsp3) is 0.923. The SMILES string of the molecule is CC(C)CCCCCCOC(=O)C(C)C. The molecular weight excluding hydrogens is 188 g/mol. The van der Waals surface area contributed by atoms with E-state index in [1.54, 1.807) is 0 Å². The van der Waals surface area contributed by atoms with Crippen LogP contribution in [-0.4, -0.2) is 12.6 Å². The topological polar surface area (TPSA) is 26.3 Å². The molecule has 0 unspecified atom stereocenters. The molecule has 0 rings (SSSR count). The van der Waals surface area contributed by atoms with Crippen LogP contribution in [0, 0.1) is 11.8 Å². The van der Waals surface area contributed by atoms with E-state index in [-0.39, 0.29) is 11.9 Å². The largest absolute Gasteiger partial charge is 0.465 e. The lowest BCUT2D eigenvalue weighted by Gasteiger charge is -2.07. The van der Waals surface area contributed by atoms with Gasteiger partial charge in [-0.3, -0.25) is 4.79 Å². The number of carbonyl (C=O) groups excluding carboxylic acids is 1. The first-order valence-electron chi connectivity index (χ1n) is 6.20. The van der Waals surface area contributed by atoms with Gasteiger partial charge in [-0.2, -0.15) is 0 Å². The number of ether oxygens (including phenoxy) is 1. The second kappa shape index (κ2) is 8.75. The zero-order valence-electron chi connectivity index (χ0n) is 10.7. The third kappa shape index (κ3) is 9.77. The van der Waals surface area contributed by atoms with E-state index in [2.05, 4.69) is 13.8 Å². The summed E-state index contributed by atoms with van der Waals surface area (Å²) in [6.07, 6.45) is 6.06. The van der Waals surface area contributed by atoms with Crippen molar-refractivity contribution >= 4 is 5.97 Å². The van der Waals surface area contributed by atoms with Crippen LogP contribution in [0.25, 0.3) is 0 Å². The quantitative estimate of drug-likeness (QED) is 0.454. The average Bonchev–Trinajstić information content (AvgIpc) is 2.15. The number of esters is 1. The first kappa shape index (κ1) is 14.5. The minimum Gasteiger partial charge on any atom is -0.465 e. The summed E-state index contributed by atoms with van der Waals surface area (Å²) in [7, 11) is 0. The Morgan fingerprint density at radius 2 is 1.60 bits per heavy atom. The summed E-state index contributed by atoms with van der Waals surface area (Å²) in [6, 6.07) is 0. The summed E-state index contributed by atoms with van der Waals surface area (Å²) >= 11 is 0. The molecule has 0 aliphatic carbocycles. The number of carbonyl (C=O) groups is 1. The monoisotopic (exact) mass is 214 g/mol. The van der Waals surface area contributed by atoms with Gasteiger partial charge in [-0.05, 0) is 12.3 Å². The lowest BCUT2D eigenvalue weighted by atomic mass is 10.0. The van der Waals surface area contributed by atoms with Gasteiger partial charge in [0.1, 0.15) is 0 Å². The highest BCUT2D eigenvalue weighted by Gasteiger charge is 2.06. The van der Waals surface area contributed by atoms with E-state index in [1.807, 2.05) is 13.8 Å². The molecule has 15 heavy (non-hydrogen) atoms. The van der Waals surface area contributed by atoms with Crippen LogP contribution in [0.5, 0.6) is 0 Å². The maximum atomic E-state index is 11.1. The fourth-order valence-electron chi connectivity index (χ4n) is 1.35. The van der Waals surface area contributed by atoms with Crippen molar-refractivity contribution in [2.24, 2.45) is 11.8 Å². The maximum absolute atomic E-state index is 11.1. The molecule has 0 aromatic rings. The predicted octanol–water partition coefficient (Wildman–Crippen LogP) is 3.79. The van der Waals surface area contributed by atoms with E-state index >= 15 is 0 Å². The zero-order chi connectivity index (χ0) is 11.7. The van der Waals surface area contributed by atoms with Crippen molar-refractivity contribution in [2.75, 3.05) is 6.61 Å². The van der Waals surface area contributed by atoms with Crippen molar-refractivity contribution in [1.29, 1.82) is 0 Å². The van der Waals surface area contributed by atoms with E-state index in [0.717, 1.165) is 12.3 Å². The highest BCUT2D eigenvalue weighted by Crippen LogP contribution is 2.09. The van der Waals surface area contributed by atoms with Crippen LogP contribution in [0.3, 0.4) is 0 Å². The Hall–Kier alpha value is -0.530. The molecule has 0 aromatic carbocycles. The van der Waals surface area contributed by atoms with Gasteiger partial charge in [0.25, 0.3) is 0 Å². The molecule has 0 aliphatic rings. The summed E-state index contributed by atoms with van der Waals surface area (Å²) in [4.78, 5) is 11.1. The summed E-state index contributed by atoms with van der Waals surface area (Å²) in [6.45, 7) is 8.84. The molecule has 0 atom stereocenters. The molecule has 0 N–H and O–H groups in total. The van der Waals surface area contributed by atoms with E-state index in [9.17, 15) is 4.79 Å². The normalized spacial score (nSPS) is 11.1. The van der Waals surface area contributed by atoms with Gasteiger partial charge in [0.15, 0.2) is 0 Å². The second-order valence-corrected chi connectivity index (χ2v) is 4.92. The van der Waals surface area contributed by atoms with Crippen LogP contribution < -0.4 is 0 Å². The van der Waals surface area contributed by atoms with Gasteiger partial charge in [0.05, 0.1) is 12.5 Å². The van der Waals surface area contributed by atoms with Crippen LogP contribution in [0.1, 0.15) is 59.8 Å². The molecular formula is C13H26O2. The first-order chi connectivity index (χ1) is 7.04. The standard InChI is InChI=1S/C13H26O2/c1-11(2)9-7-5-6-8-10-15-13(14)12(3)4/h11-12H,5-10H2,1-4H3. The van der Waals surface area contributed by atoms with Gasteiger partial charge in [0.2, 0.25) is 0 Å². The smallest absolute Gasteiger partial charge is 0.308 e. The van der Waals surface area contributed by atoms with Gasteiger partial charge < -0.3 is 4.74 Å². The molecule has 0 bridgehead atoms. The number of rotatable bonds is 8. The highest BCUT2D eigenvalue weighted by atomic mass is 16.5. The van der Waals surface area contributed by atoms with Gasteiger partial charge in [-0.25, -0.2) is 0 Å². The Balaban J connectivity index is 3.15. The first-order valence-corrected chi connectivity index (χ1v) is 6.20. The molecule has 0 saturated heterocycles. The number of hydrogen-bond donors (Lipinski definition) is 0. The molecule has 0 fully saturated rings. The van der Waals surface area contributed by atoms with Crippen LogP contribution in [-0.2, 0) is 9.53 Å². The van der Waals surface area contributed by atoms with Crippen LogP contribution >= 0.6 is 0 Å². The molecule has 0 heterocycles. The Labute approximate surface area is 94.4 Å². The molecule has 0 aromatic heterocycles. The number of hydrogen-bond acceptors (Lipinski definition) is 2. The van der Waals surface area contributed by atoms with Crippen molar-refractivity contribution in [3.63, 3.8) is 0 Å². The molecule has 90 valence electrons. The molecule has 0 amide bonds. The van der Waals surface area contributed by atoms with Gasteiger partial charge in [-0.1, -0.05) is 53.4 Å². The predicted molar refractivity (Wildman–Crippen MR) is 63.7 cm³/mol. The average molecular weight is 214 g/mol. The van der Waals surface area contributed by atoms with Crippen LogP contribution in [0.2, 0.25) is 0 Å². The Morgan fingerprint density at radius 1 is 1.00 bits per heavy atom. The van der Waals surface area contributed by atoms with Gasteiger partial charge in [0, 0.05) is 0 Å². The zero-order valence-corrected chi connectivity index (χ0v) is 10.7. The van der Waals surface area contributed by atoms with Gasteiger partial charge >= 0.3 is 5.97 Å². The third-order valence-corrected chi connectivity index (χ3v) is 2.39. The van der Waals surface area contributed by atoms with E-state index in [1.165, 1.54) is 25.7 Å². The molecule has 0 spiro atoms. The lowest BCUT2D eigenvalue weighted by Crippen LogP contribution is -2.12. The van der Waals surface area contributed by atoms with Crippen molar-refractivity contribution in [3.05, 3.63) is 0 Å². The highest BCUT2D eigenvalue weighted by molar-refractivity contribution is 5.71. The Bertz CT molecular complexity index is 162. The minimum absolute atomic E-state index is 0.00550. The molecule has 0 saturated carbocycles. The molecule has 0 aliphatic heterocycles. The summed E-state index contributed by atoms with van der Waals surface area (Å²) < 4.78 is 5.09.